The van der Waals surface area contributed by atoms with Crippen LogP contribution >= 0.6 is 0 Å². The fourth-order valence-corrected chi connectivity index (χ4v) is 2.80. The summed E-state index contributed by atoms with van der Waals surface area (Å²) in [5.74, 6) is 0.982. The fourth-order valence-electron chi connectivity index (χ4n) is 2.80. The van der Waals surface area contributed by atoms with Crippen LogP contribution in [0.15, 0.2) is 12.1 Å². The van der Waals surface area contributed by atoms with Gasteiger partial charge in [-0.15, -0.1) is 0 Å². The van der Waals surface area contributed by atoms with Crippen LogP contribution in [0.3, 0.4) is 0 Å². The van der Waals surface area contributed by atoms with Gasteiger partial charge in [-0.3, -0.25) is 4.79 Å². The summed E-state index contributed by atoms with van der Waals surface area (Å²) in [5.41, 5.74) is 3.29. The number of nitrogens with one attached hydrogen (secondary N) is 1. The normalized spacial score (nSPS) is 18.4. The van der Waals surface area contributed by atoms with E-state index in [1.54, 1.807) is 12.0 Å². The topological polar surface area (TPSA) is 50.8 Å². The number of carbonyl (C=O) groups is 1. The van der Waals surface area contributed by atoms with Crippen LogP contribution in [-0.2, 0) is 16.1 Å². The van der Waals surface area contributed by atoms with Crippen molar-refractivity contribution in [2.45, 2.75) is 26.4 Å². The first-order valence-corrected chi connectivity index (χ1v) is 7.23. The molecule has 0 spiro atoms. The van der Waals surface area contributed by atoms with E-state index in [4.69, 9.17) is 9.47 Å². The number of aryl methyl sites for hydroxylation is 2. The van der Waals surface area contributed by atoms with E-state index in [2.05, 4.69) is 17.4 Å². The molecule has 116 valence electrons. The van der Waals surface area contributed by atoms with E-state index in [9.17, 15) is 4.79 Å². The van der Waals surface area contributed by atoms with Crippen molar-refractivity contribution in [2.24, 2.45) is 0 Å². The van der Waals surface area contributed by atoms with Crippen molar-refractivity contribution >= 4 is 5.91 Å². The Morgan fingerprint density at radius 1 is 1.43 bits per heavy atom. The van der Waals surface area contributed by atoms with Crippen LogP contribution in [0.5, 0.6) is 5.75 Å². The fraction of sp³-hybridized carbons (Fsp3) is 0.562. The first-order valence-electron chi connectivity index (χ1n) is 7.23. The van der Waals surface area contributed by atoms with Crippen LogP contribution in [0, 0.1) is 13.8 Å². The summed E-state index contributed by atoms with van der Waals surface area (Å²) in [6.45, 7) is 6.48. The maximum atomic E-state index is 12.4. The van der Waals surface area contributed by atoms with Crippen molar-refractivity contribution in [2.75, 3.05) is 33.9 Å². The highest BCUT2D eigenvalue weighted by atomic mass is 16.5. The molecule has 1 N–H and O–H groups in total. The molecule has 0 aromatic heterocycles. The highest BCUT2D eigenvalue weighted by molar-refractivity contribution is 5.81. The summed E-state index contributed by atoms with van der Waals surface area (Å²) < 4.78 is 10.7. The number of hydrogen-bond donors (Lipinski definition) is 1. The second-order valence-corrected chi connectivity index (χ2v) is 5.54. The van der Waals surface area contributed by atoms with Crippen molar-refractivity contribution < 1.29 is 14.3 Å². The van der Waals surface area contributed by atoms with Crippen LogP contribution in [-0.4, -0.2) is 50.8 Å². The third-order valence-corrected chi connectivity index (χ3v) is 3.74. The molecule has 5 nitrogen and oxygen atoms in total. The minimum absolute atomic E-state index is 0.0702. The Kier molecular flexibility index (Phi) is 5.20. The number of hydrogen-bond acceptors (Lipinski definition) is 4. The van der Waals surface area contributed by atoms with E-state index in [1.807, 2.05) is 20.9 Å². The lowest BCUT2D eigenvalue weighted by Gasteiger charge is -2.27. The molecule has 0 radical (unpaired) electrons. The molecule has 2 rings (SSSR count). The summed E-state index contributed by atoms with van der Waals surface area (Å²) in [4.78, 5) is 14.1. The zero-order valence-corrected chi connectivity index (χ0v) is 13.2. The molecule has 5 heteroatoms. The summed E-state index contributed by atoms with van der Waals surface area (Å²) in [5, 5.41) is 3.19. The molecular formula is C16H24N2O3. The minimum Gasteiger partial charge on any atom is -0.496 e. The molecule has 0 unspecified atom stereocenters. The number of likely N-dealkylation sites (N-methyl/N-ethyl adjacent to an activating group) is 1. The van der Waals surface area contributed by atoms with Gasteiger partial charge in [0, 0.05) is 20.1 Å². The zero-order chi connectivity index (χ0) is 15.4. The lowest BCUT2D eigenvalue weighted by molar-refractivity contribution is -0.135. The Bertz CT molecular complexity index is 487. The minimum atomic E-state index is -0.232. The van der Waals surface area contributed by atoms with Crippen molar-refractivity contribution in [3.63, 3.8) is 0 Å². The SMILES string of the molecule is COc1c(C)cc(CN(C)C(=O)[C@H]2COCCN2)cc1C. The van der Waals surface area contributed by atoms with Gasteiger partial charge in [0.2, 0.25) is 5.91 Å². The second kappa shape index (κ2) is 6.91. The molecule has 0 bridgehead atoms. The number of ether oxygens (including phenoxy) is 2. The van der Waals surface area contributed by atoms with Gasteiger partial charge in [-0.25, -0.2) is 0 Å². The lowest BCUT2D eigenvalue weighted by Crippen LogP contribution is -2.51. The monoisotopic (exact) mass is 292 g/mol. The lowest BCUT2D eigenvalue weighted by atomic mass is 10.1. The molecule has 21 heavy (non-hydrogen) atoms. The molecule has 1 aliphatic heterocycles. The molecular weight excluding hydrogens is 268 g/mol. The molecule has 0 saturated carbocycles. The highest BCUT2D eigenvalue weighted by Crippen LogP contribution is 2.24. The standard InChI is InChI=1S/C16H24N2O3/c1-11-7-13(8-12(2)15(11)20-4)9-18(3)16(19)14-10-21-6-5-17-14/h7-8,14,17H,5-6,9-10H2,1-4H3/t14-/m1/s1. The molecule has 1 amide bonds. The van der Waals surface area contributed by atoms with Crippen LogP contribution < -0.4 is 10.1 Å². The molecule has 1 saturated heterocycles. The van der Waals surface area contributed by atoms with Gasteiger partial charge < -0.3 is 19.7 Å². The van der Waals surface area contributed by atoms with Crippen molar-refractivity contribution in [1.29, 1.82) is 0 Å². The Hall–Kier alpha value is -1.59. The zero-order valence-electron chi connectivity index (χ0n) is 13.2. The number of nitrogens with zero attached hydrogens (tertiary/aromatic N) is 1. The van der Waals surface area contributed by atoms with Gasteiger partial charge in [0.05, 0.1) is 20.3 Å². The predicted molar refractivity (Wildman–Crippen MR) is 81.6 cm³/mol. The van der Waals surface area contributed by atoms with Gasteiger partial charge in [0.1, 0.15) is 11.8 Å². The average Bonchev–Trinajstić information content (AvgIpc) is 2.47. The number of amides is 1. The van der Waals surface area contributed by atoms with Gasteiger partial charge in [0.25, 0.3) is 0 Å². The van der Waals surface area contributed by atoms with Crippen LogP contribution in [0.25, 0.3) is 0 Å². The third kappa shape index (κ3) is 3.74. The quantitative estimate of drug-likeness (QED) is 0.908. The Labute approximate surface area is 126 Å². The first kappa shape index (κ1) is 15.8. The average molecular weight is 292 g/mol. The molecule has 1 aliphatic rings. The molecule has 1 aromatic carbocycles. The van der Waals surface area contributed by atoms with Crippen molar-refractivity contribution in [3.05, 3.63) is 28.8 Å². The maximum absolute atomic E-state index is 12.4. The van der Waals surface area contributed by atoms with Gasteiger partial charge >= 0.3 is 0 Å². The Morgan fingerprint density at radius 3 is 2.62 bits per heavy atom. The second-order valence-electron chi connectivity index (χ2n) is 5.54. The van der Waals surface area contributed by atoms with Crippen LogP contribution in [0.4, 0.5) is 0 Å². The molecule has 0 aliphatic carbocycles. The van der Waals surface area contributed by atoms with E-state index < -0.39 is 0 Å². The van der Waals surface area contributed by atoms with E-state index in [0.717, 1.165) is 29.0 Å². The Balaban J connectivity index is 2.05. The summed E-state index contributed by atoms with van der Waals surface area (Å²) >= 11 is 0. The summed E-state index contributed by atoms with van der Waals surface area (Å²) in [7, 11) is 3.51. The molecule has 1 aromatic rings. The summed E-state index contributed by atoms with van der Waals surface area (Å²) in [6.07, 6.45) is 0. The third-order valence-electron chi connectivity index (χ3n) is 3.74. The van der Waals surface area contributed by atoms with Gasteiger partial charge in [0.15, 0.2) is 0 Å². The number of morpholine rings is 1. The number of rotatable bonds is 4. The molecule has 1 heterocycles. The van der Waals surface area contributed by atoms with Gasteiger partial charge in [-0.2, -0.15) is 0 Å². The predicted octanol–water partition coefficient (Wildman–Crippen LogP) is 1.26. The van der Waals surface area contributed by atoms with Gasteiger partial charge in [-0.1, -0.05) is 12.1 Å². The highest BCUT2D eigenvalue weighted by Gasteiger charge is 2.24. The number of benzene rings is 1. The van der Waals surface area contributed by atoms with E-state index in [1.165, 1.54) is 0 Å². The molecule has 1 fully saturated rings. The maximum Gasteiger partial charge on any atom is 0.242 e. The van der Waals surface area contributed by atoms with E-state index in [0.29, 0.717) is 19.8 Å². The Morgan fingerprint density at radius 2 is 2.10 bits per heavy atom. The smallest absolute Gasteiger partial charge is 0.242 e. The largest absolute Gasteiger partial charge is 0.496 e. The van der Waals surface area contributed by atoms with Crippen molar-refractivity contribution in [3.8, 4) is 5.75 Å². The van der Waals surface area contributed by atoms with E-state index in [-0.39, 0.29) is 11.9 Å². The number of methoxy groups -OCH3 is 1. The molecule has 1 atom stereocenters. The van der Waals surface area contributed by atoms with Crippen LogP contribution in [0.1, 0.15) is 16.7 Å². The summed E-state index contributed by atoms with van der Waals surface area (Å²) in [6, 6.07) is 3.91. The van der Waals surface area contributed by atoms with Crippen LogP contribution in [0.2, 0.25) is 0 Å². The van der Waals surface area contributed by atoms with Crippen molar-refractivity contribution in [1.82, 2.24) is 10.2 Å². The first-order chi connectivity index (χ1) is 10.0. The van der Waals surface area contributed by atoms with Gasteiger partial charge in [-0.05, 0) is 30.5 Å². The van der Waals surface area contributed by atoms with E-state index >= 15 is 0 Å². The number of carbonyl (C=O) groups excluding carboxylic acids is 1.